The summed E-state index contributed by atoms with van der Waals surface area (Å²) in [7, 11) is 0. The molecule has 0 radical (unpaired) electrons. The van der Waals surface area contributed by atoms with Gasteiger partial charge in [-0.3, -0.25) is 39.1 Å². The lowest BCUT2D eigenvalue weighted by Gasteiger charge is -2.39. The first-order chi connectivity index (χ1) is 27.5. The largest absolute Gasteiger partial charge is 0.368 e. The molecular formula is C42H44ClN9O5. The Labute approximate surface area is 335 Å². The molecule has 1 spiro atoms. The van der Waals surface area contributed by atoms with Crippen LogP contribution in [0.5, 0.6) is 0 Å². The van der Waals surface area contributed by atoms with Crippen LogP contribution >= 0.6 is 11.6 Å². The highest BCUT2D eigenvalue weighted by Crippen LogP contribution is 2.46. The molecule has 1 aromatic heterocycles. The smallest absolute Gasteiger partial charge is 0.262 e. The number of aromatic nitrogens is 2. The molecule has 6 aliphatic heterocycles. The van der Waals surface area contributed by atoms with Gasteiger partial charge in [-0.25, -0.2) is 9.97 Å². The minimum Gasteiger partial charge on any atom is -0.368 e. The third kappa shape index (κ3) is 6.80. The Morgan fingerprint density at radius 2 is 1.61 bits per heavy atom. The topological polar surface area (TPSA) is 163 Å². The molecule has 5 amide bonds. The van der Waals surface area contributed by atoms with Crippen molar-refractivity contribution in [2.45, 2.75) is 77.0 Å². The Balaban J connectivity index is 0.745. The number of hydrogen-bond acceptors (Lipinski definition) is 11. The zero-order valence-electron chi connectivity index (χ0n) is 31.9. The van der Waals surface area contributed by atoms with Gasteiger partial charge in [0.05, 0.1) is 27.3 Å². The predicted octanol–water partition coefficient (Wildman–Crippen LogP) is 4.16. The molecule has 294 valence electrons. The normalized spacial score (nSPS) is 23.6. The number of halogens is 1. The number of fused-ring (bicyclic) bond motifs is 2. The number of piperidine rings is 3. The second-order valence-electron chi connectivity index (χ2n) is 16.7. The number of carbonyl (C=O) groups is 5. The maximum absolute atomic E-state index is 13.5. The van der Waals surface area contributed by atoms with Crippen LogP contribution < -0.4 is 15.1 Å². The van der Waals surface area contributed by atoms with Crippen LogP contribution in [0.25, 0.3) is 0 Å². The number of carbonyl (C=O) groups excluding carboxylic acids is 5. The molecular weight excluding hydrogens is 746 g/mol. The number of nitrogens with one attached hydrogen (secondary N) is 1. The quantitative estimate of drug-likeness (QED) is 0.357. The third-order valence-corrected chi connectivity index (χ3v) is 13.4. The van der Waals surface area contributed by atoms with Crippen molar-refractivity contribution >= 4 is 52.8 Å². The van der Waals surface area contributed by atoms with E-state index in [0.717, 1.165) is 80.0 Å². The second-order valence-corrected chi connectivity index (χ2v) is 17.1. The van der Waals surface area contributed by atoms with Crippen LogP contribution in [-0.4, -0.2) is 106 Å². The lowest BCUT2D eigenvalue weighted by Crippen LogP contribution is -2.54. The van der Waals surface area contributed by atoms with Crippen molar-refractivity contribution in [3.8, 4) is 6.07 Å². The Morgan fingerprint density at radius 1 is 0.947 bits per heavy atom. The Kier molecular flexibility index (Phi) is 9.48. The number of amides is 5. The van der Waals surface area contributed by atoms with Crippen LogP contribution in [0.15, 0.2) is 42.7 Å². The SMILES string of the molecule is C[C@H]1CC2(CCN(c3ncc(C(=O)N4CCC(CN5Cc6cc7c(cc6C5)C(=O)N(C5CCC(=O)NC5=O)C7=O)CC4)cn3)CC2)CN1c1ccc(C#N)c(Cl)c1. The lowest BCUT2D eigenvalue weighted by molar-refractivity contribution is -0.136. The minimum absolute atomic E-state index is 0.0516. The van der Waals surface area contributed by atoms with E-state index in [1.807, 2.05) is 17.0 Å². The van der Waals surface area contributed by atoms with Crippen molar-refractivity contribution in [1.29, 1.82) is 5.26 Å². The highest BCUT2D eigenvalue weighted by Gasteiger charge is 2.46. The van der Waals surface area contributed by atoms with Crippen LogP contribution in [0, 0.1) is 22.7 Å². The number of hydrogen-bond donors (Lipinski definition) is 1. The average molecular weight is 790 g/mol. The van der Waals surface area contributed by atoms with Crippen LogP contribution in [0.2, 0.25) is 5.02 Å². The van der Waals surface area contributed by atoms with Crippen molar-refractivity contribution < 1.29 is 24.0 Å². The van der Waals surface area contributed by atoms with Gasteiger partial charge in [0.2, 0.25) is 17.8 Å². The molecule has 0 bridgehead atoms. The number of likely N-dealkylation sites (tertiary alicyclic amines) is 1. The van der Waals surface area contributed by atoms with E-state index < -0.39 is 29.7 Å². The molecule has 57 heavy (non-hydrogen) atoms. The fourth-order valence-electron chi connectivity index (χ4n) is 10.0. The van der Waals surface area contributed by atoms with Crippen LogP contribution in [0.4, 0.5) is 11.6 Å². The van der Waals surface area contributed by atoms with Crippen LogP contribution in [0.3, 0.4) is 0 Å². The number of nitrogens with zero attached hydrogens (tertiary/aromatic N) is 8. The third-order valence-electron chi connectivity index (χ3n) is 13.1. The van der Waals surface area contributed by atoms with E-state index in [2.05, 4.69) is 43.0 Å². The van der Waals surface area contributed by atoms with Gasteiger partial charge >= 0.3 is 0 Å². The van der Waals surface area contributed by atoms with Crippen molar-refractivity contribution in [3.05, 3.63) is 81.1 Å². The lowest BCUT2D eigenvalue weighted by atomic mass is 9.77. The second kappa shape index (κ2) is 14.5. The summed E-state index contributed by atoms with van der Waals surface area (Å²) in [5.74, 6) is -0.971. The van der Waals surface area contributed by atoms with Gasteiger partial charge in [-0.1, -0.05) is 11.6 Å². The summed E-state index contributed by atoms with van der Waals surface area (Å²) in [6, 6.07) is 10.8. The summed E-state index contributed by atoms with van der Waals surface area (Å²) < 4.78 is 0. The van der Waals surface area contributed by atoms with E-state index >= 15 is 0 Å². The van der Waals surface area contributed by atoms with Gasteiger partial charge in [-0.15, -0.1) is 0 Å². The average Bonchev–Trinajstić information content (AvgIpc) is 3.84. The van der Waals surface area contributed by atoms with E-state index in [0.29, 0.717) is 71.4 Å². The molecule has 2 aromatic carbocycles. The van der Waals surface area contributed by atoms with Crippen molar-refractivity contribution in [2.24, 2.45) is 11.3 Å². The molecule has 15 heteroatoms. The Morgan fingerprint density at radius 3 is 2.23 bits per heavy atom. The van der Waals surface area contributed by atoms with Crippen molar-refractivity contribution in [1.82, 2.24) is 30.0 Å². The number of anilines is 2. The van der Waals surface area contributed by atoms with Gasteiger partial charge in [0.1, 0.15) is 12.1 Å². The summed E-state index contributed by atoms with van der Waals surface area (Å²) in [5.41, 5.74) is 4.88. The number of benzene rings is 2. The number of rotatable bonds is 6. The zero-order chi connectivity index (χ0) is 39.6. The Bertz CT molecular complexity index is 2180. The summed E-state index contributed by atoms with van der Waals surface area (Å²) in [6.45, 7) is 8.37. The van der Waals surface area contributed by atoms with Gasteiger partial charge in [0.25, 0.3) is 17.7 Å². The summed E-state index contributed by atoms with van der Waals surface area (Å²) in [5, 5.41) is 12.0. The first-order valence-electron chi connectivity index (χ1n) is 19.9. The van der Waals surface area contributed by atoms with Crippen LogP contribution in [-0.2, 0) is 22.7 Å². The molecule has 9 rings (SSSR count). The molecule has 1 unspecified atom stereocenters. The summed E-state index contributed by atoms with van der Waals surface area (Å²) >= 11 is 6.36. The first-order valence-corrected chi connectivity index (χ1v) is 20.3. The Hall–Kier alpha value is -5.39. The van der Waals surface area contributed by atoms with Gasteiger partial charge in [0.15, 0.2) is 0 Å². The molecule has 4 saturated heterocycles. The van der Waals surface area contributed by atoms with Gasteiger partial charge in [-0.05, 0) is 98.2 Å². The number of imide groups is 2. The van der Waals surface area contributed by atoms with Crippen molar-refractivity contribution in [3.63, 3.8) is 0 Å². The molecule has 7 heterocycles. The highest BCUT2D eigenvalue weighted by atomic mass is 35.5. The van der Waals surface area contributed by atoms with E-state index in [1.54, 1.807) is 30.6 Å². The van der Waals surface area contributed by atoms with Gasteiger partial charge in [-0.2, -0.15) is 5.26 Å². The van der Waals surface area contributed by atoms with E-state index in [-0.39, 0.29) is 24.2 Å². The zero-order valence-corrected chi connectivity index (χ0v) is 32.6. The highest BCUT2D eigenvalue weighted by molar-refractivity contribution is 6.32. The molecule has 4 fully saturated rings. The standard InChI is InChI=1S/C42H44ClN9O5/c1-25-17-42(24-51(25)31-3-2-27(18-44)34(43)16-31)8-12-50(13-9-42)41-45-19-30(20-46-41)38(55)49-10-6-26(7-11-49)21-48-22-28-14-32-33(15-29(28)23-48)40(57)52(39(32)56)35-4-5-36(53)47-37(35)54/h2-3,14-16,19-20,25-26,35H,4-13,17,21-24H2,1H3,(H,47,53,54)/t25-,35?/m0/s1. The van der Waals surface area contributed by atoms with E-state index in [1.165, 1.54) is 0 Å². The van der Waals surface area contributed by atoms with Gasteiger partial charge in [0, 0.05) is 82.9 Å². The van der Waals surface area contributed by atoms with E-state index in [4.69, 9.17) is 11.6 Å². The summed E-state index contributed by atoms with van der Waals surface area (Å²) in [6.07, 6.45) is 8.42. The minimum atomic E-state index is -0.975. The fraction of sp³-hybridized carbons (Fsp3) is 0.476. The predicted molar refractivity (Wildman–Crippen MR) is 209 cm³/mol. The maximum Gasteiger partial charge on any atom is 0.262 e. The number of nitriles is 1. The maximum atomic E-state index is 13.5. The molecule has 1 N–H and O–H groups in total. The summed E-state index contributed by atoms with van der Waals surface area (Å²) in [4.78, 5) is 83.3. The molecule has 0 saturated carbocycles. The first kappa shape index (κ1) is 37.2. The monoisotopic (exact) mass is 789 g/mol. The molecule has 3 aromatic rings. The molecule has 0 aliphatic carbocycles. The fourth-order valence-corrected chi connectivity index (χ4v) is 10.2. The molecule has 14 nitrogen and oxygen atoms in total. The van der Waals surface area contributed by atoms with E-state index in [9.17, 15) is 29.2 Å². The van der Waals surface area contributed by atoms with Crippen molar-refractivity contribution in [2.75, 3.05) is 49.1 Å². The van der Waals surface area contributed by atoms with Crippen LogP contribution in [0.1, 0.15) is 99.6 Å². The molecule has 6 aliphatic rings. The van der Waals surface area contributed by atoms with Gasteiger partial charge < -0.3 is 14.7 Å². The molecule has 2 atom stereocenters.